The van der Waals surface area contributed by atoms with Crippen LogP contribution in [0.1, 0.15) is 40.2 Å². The van der Waals surface area contributed by atoms with E-state index < -0.39 is 0 Å². The molecular weight excluding hydrogens is 526 g/mol. The van der Waals surface area contributed by atoms with E-state index in [9.17, 15) is 5.11 Å². The molecule has 2 aromatic heterocycles. The van der Waals surface area contributed by atoms with E-state index in [2.05, 4.69) is 93.4 Å². The van der Waals surface area contributed by atoms with Crippen molar-refractivity contribution in [2.75, 3.05) is 11.9 Å². The molecule has 4 aromatic carbocycles. The lowest BCUT2D eigenvalue weighted by molar-refractivity contribution is 0.475. The zero-order valence-corrected chi connectivity index (χ0v) is 23.1. The standard InChI is InChI=1S/C34H29N5OS/c40-26-17-15-23(16-18-26)19-20-35-33-30-34(38-32(37-33)28-21-41-29-14-8-7-13-27(28)29)39(22-36-30)31(24-9-3-1-4-10-24)25-11-5-2-6-12-25/h1-18,21-22,31-32,38,40H,19-20H2,(H,35,37). The molecule has 6 nitrogen and oxygen atoms in total. The van der Waals surface area contributed by atoms with Crippen LogP contribution >= 0.6 is 11.3 Å². The van der Waals surface area contributed by atoms with E-state index in [4.69, 9.17) is 9.98 Å². The van der Waals surface area contributed by atoms with Gasteiger partial charge >= 0.3 is 0 Å². The molecule has 0 spiro atoms. The zero-order valence-electron chi connectivity index (χ0n) is 22.3. The van der Waals surface area contributed by atoms with E-state index in [0.717, 1.165) is 29.3 Å². The van der Waals surface area contributed by atoms with Gasteiger partial charge in [0.05, 0.1) is 12.4 Å². The summed E-state index contributed by atoms with van der Waals surface area (Å²) in [5.41, 5.74) is 5.49. The van der Waals surface area contributed by atoms with Gasteiger partial charge in [0.1, 0.15) is 23.4 Å². The highest BCUT2D eigenvalue weighted by Crippen LogP contribution is 2.37. The van der Waals surface area contributed by atoms with Crippen LogP contribution in [0.5, 0.6) is 5.75 Å². The number of fused-ring (bicyclic) bond motifs is 2. The molecule has 7 rings (SSSR count). The number of anilines is 1. The Balaban J connectivity index is 1.31. The van der Waals surface area contributed by atoms with Crippen LogP contribution in [0.25, 0.3) is 10.1 Å². The molecule has 7 heteroatoms. The Bertz CT molecular complexity index is 1770. The predicted octanol–water partition coefficient (Wildman–Crippen LogP) is 7.14. The molecule has 1 aliphatic heterocycles. The normalized spacial score (nSPS) is 15.5. The largest absolute Gasteiger partial charge is 0.508 e. The van der Waals surface area contributed by atoms with Crippen molar-refractivity contribution in [1.29, 1.82) is 0 Å². The summed E-state index contributed by atoms with van der Waals surface area (Å²) >= 11 is 1.75. The minimum atomic E-state index is -0.172. The fraction of sp³-hybridized carbons (Fsp3) is 0.118. The highest BCUT2D eigenvalue weighted by molar-refractivity contribution is 7.17. The third kappa shape index (κ3) is 4.96. The topological polar surface area (TPSA) is 74.5 Å². The summed E-state index contributed by atoms with van der Waals surface area (Å²) in [6.07, 6.45) is 2.51. The van der Waals surface area contributed by atoms with Gasteiger partial charge in [-0.05, 0) is 52.1 Å². The molecule has 0 bridgehead atoms. The minimum absolute atomic E-state index is 0.0580. The van der Waals surface area contributed by atoms with Gasteiger partial charge in [0, 0.05) is 16.8 Å². The molecule has 0 amide bonds. The lowest BCUT2D eigenvalue weighted by Crippen LogP contribution is -2.40. The van der Waals surface area contributed by atoms with E-state index in [1.807, 2.05) is 30.6 Å². The fourth-order valence-corrected chi connectivity index (χ4v) is 6.48. The van der Waals surface area contributed by atoms with Crippen molar-refractivity contribution < 1.29 is 5.11 Å². The van der Waals surface area contributed by atoms with Gasteiger partial charge in [0.25, 0.3) is 0 Å². The van der Waals surface area contributed by atoms with Gasteiger partial charge in [-0.3, -0.25) is 4.99 Å². The van der Waals surface area contributed by atoms with Gasteiger partial charge in [-0.2, -0.15) is 0 Å². The van der Waals surface area contributed by atoms with E-state index in [-0.39, 0.29) is 18.0 Å². The summed E-state index contributed by atoms with van der Waals surface area (Å²) < 4.78 is 3.49. The summed E-state index contributed by atoms with van der Waals surface area (Å²) in [7, 11) is 0. The average Bonchev–Trinajstić information content (AvgIpc) is 3.64. The molecule has 41 heavy (non-hydrogen) atoms. The van der Waals surface area contributed by atoms with Crippen molar-refractivity contribution in [1.82, 2.24) is 14.9 Å². The van der Waals surface area contributed by atoms with Crippen molar-refractivity contribution in [3.8, 4) is 5.75 Å². The van der Waals surface area contributed by atoms with Gasteiger partial charge in [0.2, 0.25) is 0 Å². The second kappa shape index (κ2) is 10.9. The number of thiophene rings is 1. The van der Waals surface area contributed by atoms with Crippen molar-refractivity contribution in [2.24, 2.45) is 4.99 Å². The first-order valence-electron chi connectivity index (χ1n) is 13.7. The molecule has 0 saturated heterocycles. The molecule has 1 unspecified atom stereocenters. The minimum Gasteiger partial charge on any atom is -0.508 e. The Morgan fingerprint density at radius 1 is 0.829 bits per heavy atom. The molecule has 0 aliphatic carbocycles. The molecule has 0 saturated carbocycles. The second-order valence-corrected chi connectivity index (χ2v) is 11.0. The van der Waals surface area contributed by atoms with Gasteiger partial charge in [-0.15, -0.1) is 11.3 Å². The van der Waals surface area contributed by atoms with Gasteiger partial charge in [-0.1, -0.05) is 91.0 Å². The first-order valence-corrected chi connectivity index (χ1v) is 14.6. The van der Waals surface area contributed by atoms with Gasteiger partial charge in [-0.25, -0.2) is 4.98 Å². The number of amidine groups is 1. The third-order valence-electron chi connectivity index (χ3n) is 7.52. The maximum Gasteiger partial charge on any atom is 0.153 e. The summed E-state index contributed by atoms with van der Waals surface area (Å²) in [6.45, 7) is 0.595. The molecule has 202 valence electrons. The number of imidazole rings is 1. The fourth-order valence-electron chi connectivity index (χ4n) is 5.49. The number of hydrogen-bond donors (Lipinski definition) is 3. The molecular formula is C34H29N5OS. The quantitative estimate of drug-likeness (QED) is 0.196. The second-order valence-electron chi connectivity index (χ2n) is 10.1. The van der Waals surface area contributed by atoms with Crippen LogP contribution in [-0.2, 0) is 6.42 Å². The van der Waals surface area contributed by atoms with Crippen molar-refractivity contribution in [3.05, 3.63) is 149 Å². The molecule has 6 aromatic rings. The Morgan fingerprint density at radius 2 is 1.51 bits per heavy atom. The van der Waals surface area contributed by atoms with Crippen LogP contribution in [0.4, 0.5) is 5.82 Å². The van der Waals surface area contributed by atoms with Crippen LogP contribution in [0.3, 0.4) is 0 Å². The lowest BCUT2D eigenvalue weighted by Gasteiger charge is -2.31. The predicted molar refractivity (Wildman–Crippen MR) is 167 cm³/mol. The monoisotopic (exact) mass is 555 g/mol. The third-order valence-corrected chi connectivity index (χ3v) is 8.50. The van der Waals surface area contributed by atoms with Crippen LogP contribution in [-0.4, -0.2) is 27.0 Å². The molecule has 3 N–H and O–H groups in total. The number of hydrogen-bond acceptors (Lipinski definition) is 5. The van der Waals surface area contributed by atoms with E-state index in [1.54, 1.807) is 23.5 Å². The van der Waals surface area contributed by atoms with E-state index >= 15 is 0 Å². The van der Waals surface area contributed by atoms with Crippen LogP contribution < -0.4 is 10.6 Å². The summed E-state index contributed by atoms with van der Waals surface area (Å²) in [6, 6.07) is 36.9. The number of aromatic hydroxyl groups is 1. The number of benzene rings is 4. The Labute approximate surface area is 242 Å². The van der Waals surface area contributed by atoms with Crippen LogP contribution in [0, 0.1) is 0 Å². The molecule has 0 fully saturated rings. The molecule has 1 atom stereocenters. The van der Waals surface area contributed by atoms with Crippen molar-refractivity contribution in [3.63, 3.8) is 0 Å². The summed E-state index contributed by atoms with van der Waals surface area (Å²) in [5, 5.41) is 20.5. The van der Waals surface area contributed by atoms with E-state index in [1.165, 1.54) is 26.8 Å². The maximum absolute atomic E-state index is 9.65. The number of aromatic nitrogens is 2. The van der Waals surface area contributed by atoms with E-state index in [0.29, 0.717) is 6.54 Å². The first kappa shape index (κ1) is 25.1. The van der Waals surface area contributed by atoms with Crippen LogP contribution in [0.15, 0.2) is 126 Å². The smallest absolute Gasteiger partial charge is 0.153 e. The van der Waals surface area contributed by atoms with Crippen molar-refractivity contribution >= 4 is 33.1 Å². The lowest BCUT2D eigenvalue weighted by atomic mass is 9.98. The number of aliphatic imine (C=N–C) groups is 1. The van der Waals surface area contributed by atoms with Gasteiger partial charge in [0.15, 0.2) is 5.84 Å². The molecule has 3 heterocycles. The maximum atomic E-state index is 9.65. The Morgan fingerprint density at radius 3 is 2.24 bits per heavy atom. The van der Waals surface area contributed by atoms with Gasteiger partial charge < -0.3 is 20.3 Å². The SMILES string of the molecule is Oc1ccc(CCN=C2NC(c3csc4ccccc34)Nc3c2ncn3C(c2ccccc2)c2ccccc2)cc1. The number of nitrogens with one attached hydrogen (secondary N) is 2. The highest BCUT2D eigenvalue weighted by Gasteiger charge is 2.31. The number of nitrogens with zero attached hydrogens (tertiary/aromatic N) is 3. The number of phenolic OH excluding ortho intramolecular Hbond substituents is 1. The highest BCUT2D eigenvalue weighted by atomic mass is 32.1. The molecule has 1 aliphatic rings. The summed E-state index contributed by atoms with van der Waals surface area (Å²) in [5.74, 6) is 1.98. The average molecular weight is 556 g/mol. The number of phenols is 1. The summed E-state index contributed by atoms with van der Waals surface area (Å²) in [4.78, 5) is 9.93. The first-order chi connectivity index (χ1) is 20.2. The Kier molecular flexibility index (Phi) is 6.70. The van der Waals surface area contributed by atoms with Crippen molar-refractivity contribution in [2.45, 2.75) is 18.6 Å². The zero-order chi connectivity index (χ0) is 27.6. The number of rotatable bonds is 7. The van der Waals surface area contributed by atoms with Crippen LogP contribution in [0.2, 0.25) is 0 Å². The molecule has 0 radical (unpaired) electrons. The Hall–Kier alpha value is -4.88.